The summed E-state index contributed by atoms with van der Waals surface area (Å²) in [6.07, 6.45) is 6.90. The Balaban J connectivity index is 5.60. The van der Waals surface area contributed by atoms with Crippen molar-refractivity contribution < 1.29 is 19.1 Å². The lowest BCUT2D eigenvalue weighted by Gasteiger charge is -2.34. The van der Waals surface area contributed by atoms with Gasteiger partial charge in [-0.2, -0.15) is 10.5 Å². The Morgan fingerprint density at radius 3 is 1.18 bits per heavy atom. The minimum atomic E-state index is -0.783. The third kappa shape index (κ3) is 13.5. The van der Waals surface area contributed by atoms with Crippen LogP contribution in [0.5, 0.6) is 0 Å². The van der Waals surface area contributed by atoms with Crippen LogP contribution in [0.15, 0.2) is 0 Å². The monoisotopic (exact) mass is 560 g/mol. The second-order valence-corrected chi connectivity index (χ2v) is 13.2. The molecule has 6 nitrogen and oxygen atoms in total. The number of nitrogens with zero attached hydrogens (tertiary/aromatic N) is 2. The van der Waals surface area contributed by atoms with E-state index in [0.717, 1.165) is 38.5 Å². The number of hydrogen-bond acceptors (Lipinski definition) is 6. The van der Waals surface area contributed by atoms with Crippen molar-refractivity contribution in [3.63, 3.8) is 0 Å². The molecule has 0 aliphatic carbocycles. The van der Waals surface area contributed by atoms with Gasteiger partial charge in [-0.3, -0.25) is 9.59 Å². The molecule has 230 valence electrons. The summed E-state index contributed by atoms with van der Waals surface area (Å²) in [5, 5.41) is 20.2. The molecule has 0 rings (SSSR count). The maximum Gasteiger partial charge on any atom is 0.306 e. The van der Waals surface area contributed by atoms with E-state index in [1.54, 1.807) is 0 Å². The van der Waals surface area contributed by atoms with Crippen LogP contribution in [0, 0.1) is 57.2 Å². The Labute approximate surface area is 246 Å². The summed E-state index contributed by atoms with van der Waals surface area (Å²) in [5.74, 6) is 0.653. The second kappa shape index (κ2) is 19.1. The Morgan fingerprint density at radius 1 is 0.650 bits per heavy atom. The van der Waals surface area contributed by atoms with Crippen molar-refractivity contribution in [2.45, 2.75) is 158 Å². The van der Waals surface area contributed by atoms with Gasteiger partial charge in [0.1, 0.15) is 12.2 Å². The van der Waals surface area contributed by atoms with Gasteiger partial charge in [-0.05, 0) is 76.0 Å². The number of carbonyl (C=O) groups is 2. The lowest BCUT2D eigenvalue weighted by atomic mass is 9.75. The molecule has 4 unspecified atom stereocenters. The molecule has 0 saturated carbocycles. The Kier molecular flexibility index (Phi) is 18.1. The lowest BCUT2D eigenvalue weighted by molar-refractivity contribution is -0.162. The fourth-order valence-electron chi connectivity index (χ4n) is 5.12. The maximum absolute atomic E-state index is 13.0. The number of esters is 2. The number of hydrogen-bond donors (Lipinski definition) is 0. The third-order valence-corrected chi connectivity index (χ3v) is 8.90. The highest BCUT2D eigenvalue weighted by atomic mass is 16.6. The predicted octanol–water partition coefficient (Wildman–Crippen LogP) is 9.17. The summed E-state index contributed by atoms with van der Waals surface area (Å²) < 4.78 is 11.9. The van der Waals surface area contributed by atoms with Gasteiger partial charge in [0, 0.05) is 0 Å². The van der Waals surface area contributed by atoms with Crippen molar-refractivity contribution in [1.82, 2.24) is 0 Å². The largest absolute Gasteiger partial charge is 0.461 e. The van der Waals surface area contributed by atoms with Crippen LogP contribution in [-0.4, -0.2) is 24.1 Å². The summed E-state index contributed by atoms with van der Waals surface area (Å²) in [5.41, 5.74) is -1.57. The van der Waals surface area contributed by atoms with Gasteiger partial charge in [0.25, 0.3) is 0 Å². The van der Waals surface area contributed by atoms with Gasteiger partial charge in [0.2, 0.25) is 0 Å². The summed E-state index contributed by atoms with van der Waals surface area (Å²) in [4.78, 5) is 26.0. The van der Waals surface area contributed by atoms with E-state index in [0.29, 0.717) is 49.4 Å². The summed E-state index contributed by atoms with van der Waals surface area (Å²) in [6.45, 7) is 20.8. The topological polar surface area (TPSA) is 100 Å². The maximum atomic E-state index is 13.0. The van der Waals surface area contributed by atoms with Gasteiger partial charge in [-0.1, -0.05) is 81.1 Å². The molecule has 4 atom stereocenters. The first-order valence-electron chi connectivity index (χ1n) is 15.9. The molecule has 0 spiro atoms. The van der Waals surface area contributed by atoms with Crippen molar-refractivity contribution in [2.24, 2.45) is 34.5 Å². The van der Waals surface area contributed by atoms with Crippen molar-refractivity contribution in [3.8, 4) is 12.1 Å². The number of nitriles is 2. The van der Waals surface area contributed by atoms with E-state index in [1.807, 2.05) is 13.8 Å². The van der Waals surface area contributed by atoms with Gasteiger partial charge < -0.3 is 9.47 Å². The molecule has 0 aromatic rings. The van der Waals surface area contributed by atoms with Crippen molar-refractivity contribution in [3.05, 3.63) is 0 Å². The summed E-state index contributed by atoms with van der Waals surface area (Å²) >= 11 is 0. The first-order valence-corrected chi connectivity index (χ1v) is 15.9. The molecular formula is C34H60N2O4. The van der Waals surface area contributed by atoms with Crippen LogP contribution >= 0.6 is 0 Å². The molecule has 6 heteroatoms. The van der Waals surface area contributed by atoms with E-state index in [1.165, 1.54) is 0 Å². The molecular weight excluding hydrogens is 500 g/mol. The molecule has 0 amide bonds. The van der Waals surface area contributed by atoms with Gasteiger partial charge >= 0.3 is 11.9 Å². The van der Waals surface area contributed by atoms with Crippen molar-refractivity contribution in [2.75, 3.05) is 0 Å². The quantitative estimate of drug-likeness (QED) is 0.130. The second-order valence-electron chi connectivity index (χ2n) is 13.2. The minimum absolute atomic E-state index is 0.100. The zero-order valence-electron chi connectivity index (χ0n) is 27.5. The fraction of sp³-hybridized carbons (Fsp3) is 0.882. The highest BCUT2D eigenvalue weighted by Crippen LogP contribution is 2.37. The van der Waals surface area contributed by atoms with Crippen LogP contribution in [0.4, 0.5) is 0 Å². The Hall–Kier alpha value is -2.08. The van der Waals surface area contributed by atoms with Crippen LogP contribution in [-0.2, 0) is 19.1 Å². The zero-order chi connectivity index (χ0) is 30.9. The average molecular weight is 561 g/mol. The molecule has 0 aliphatic rings. The third-order valence-electron chi connectivity index (χ3n) is 8.90. The Bertz CT molecular complexity index is 751. The Morgan fingerprint density at radius 2 is 0.950 bits per heavy atom. The molecule has 0 bridgehead atoms. The SMILES string of the molecule is CCC(CC)CC(OC(=O)CCC(=O)OC(CC(CC)CC)C(C)(C#N)CCC(C)C)C(C)(C#N)CCC(C)C. The van der Waals surface area contributed by atoms with Gasteiger partial charge in [0.05, 0.1) is 35.8 Å². The van der Waals surface area contributed by atoms with E-state index in [4.69, 9.17) is 9.47 Å². The highest BCUT2D eigenvalue weighted by molar-refractivity contribution is 5.78. The van der Waals surface area contributed by atoms with Crippen molar-refractivity contribution in [1.29, 1.82) is 10.5 Å². The standard InChI is InChI=1S/C34H60N2O4/c1-11-27(12-2)21-29(33(9,23-35)19-17-25(5)6)39-31(37)15-16-32(38)40-30(22-28(13-3)14-4)34(10,24-36)20-18-26(7)8/h25-30H,11-22H2,1-10H3. The molecule has 0 radical (unpaired) electrons. The lowest BCUT2D eigenvalue weighted by Crippen LogP contribution is -2.38. The molecule has 0 aromatic carbocycles. The summed E-state index contributed by atoms with van der Waals surface area (Å²) in [7, 11) is 0. The van der Waals surface area contributed by atoms with Crippen LogP contribution in [0.2, 0.25) is 0 Å². The van der Waals surface area contributed by atoms with Crippen LogP contribution in [0.1, 0.15) is 146 Å². The van der Waals surface area contributed by atoms with Gasteiger partial charge in [-0.15, -0.1) is 0 Å². The number of ether oxygens (including phenoxy) is 2. The molecule has 0 saturated heterocycles. The molecule has 0 aromatic heterocycles. The van der Waals surface area contributed by atoms with Gasteiger partial charge in [-0.25, -0.2) is 0 Å². The molecule has 0 heterocycles. The molecule has 0 N–H and O–H groups in total. The number of carbonyl (C=O) groups excluding carboxylic acids is 2. The molecule has 0 fully saturated rings. The van der Waals surface area contributed by atoms with E-state index >= 15 is 0 Å². The normalized spacial score (nSPS) is 16.2. The molecule has 40 heavy (non-hydrogen) atoms. The number of rotatable bonds is 21. The van der Waals surface area contributed by atoms with E-state index in [9.17, 15) is 20.1 Å². The van der Waals surface area contributed by atoms with Crippen LogP contribution < -0.4 is 0 Å². The highest BCUT2D eigenvalue weighted by Gasteiger charge is 2.40. The first-order chi connectivity index (χ1) is 18.7. The van der Waals surface area contributed by atoms with E-state index in [-0.39, 0.29) is 12.8 Å². The van der Waals surface area contributed by atoms with E-state index in [2.05, 4.69) is 67.5 Å². The molecule has 0 aliphatic heterocycles. The predicted molar refractivity (Wildman–Crippen MR) is 162 cm³/mol. The minimum Gasteiger partial charge on any atom is -0.461 e. The average Bonchev–Trinajstić information content (AvgIpc) is 2.93. The van der Waals surface area contributed by atoms with E-state index < -0.39 is 35.0 Å². The zero-order valence-corrected chi connectivity index (χ0v) is 27.5. The smallest absolute Gasteiger partial charge is 0.306 e. The van der Waals surface area contributed by atoms with Crippen molar-refractivity contribution >= 4 is 11.9 Å². The first kappa shape index (κ1) is 37.9. The van der Waals surface area contributed by atoms with Crippen LogP contribution in [0.3, 0.4) is 0 Å². The fourth-order valence-corrected chi connectivity index (χ4v) is 5.12. The summed E-state index contributed by atoms with van der Waals surface area (Å²) in [6, 6.07) is 4.91. The van der Waals surface area contributed by atoms with Gasteiger partial charge in [0.15, 0.2) is 0 Å². The van der Waals surface area contributed by atoms with Crippen LogP contribution in [0.25, 0.3) is 0 Å².